The number of rotatable bonds is 2. The first kappa shape index (κ1) is 10.5. The van der Waals surface area contributed by atoms with Gasteiger partial charge in [-0.25, -0.2) is 9.97 Å². The third kappa shape index (κ3) is 1.71. The van der Waals surface area contributed by atoms with Gasteiger partial charge < -0.3 is 10.7 Å². The zero-order valence-electron chi connectivity index (χ0n) is 9.42. The molecular formula is C13H10N4O. The summed E-state index contributed by atoms with van der Waals surface area (Å²) in [6.45, 7) is 0. The number of primary amides is 1. The van der Waals surface area contributed by atoms with Gasteiger partial charge in [0.15, 0.2) is 5.65 Å². The highest BCUT2D eigenvalue weighted by atomic mass is 16.1. The second-order valence-electron chi connectivity index (χ2n) is 3.90. The predicted octanol–water partition coefficient (Wildman–Crippen LogP) is 1.72. The first-order valence-corrected chi connectivity index (χ1v) is 5.45. The number of benzene rings is 1. The molecule has 1 amide bonds. The number of aromatic amines is 1. The van der Waals surface area contributed by atoms with Crippen molar-refractivity contribution in [3.05, 3.63) is 48.2 Å². The van der Waals surface area contributed by atoms with Crippen LogP contribution in [0.15, 0.2) is 42.6 Å². The van der Waals surface area contributed by atoms with Crippen molar-refractivity contribution in [1.29, 1.82) is 0 Å². The summed E-state index contributed by atoms with van der Waals surface area (Å²) in [7, 11) is 0. The number of pyridine rings is 1. The van der Waals surface area contributed by atoms with Crippen LogP contribution in [0.25, 0.3) is 22.6 Å². The molecule has 0 unspecified atom stereocenters. The summed E-state index contributed by atoms with van der Waals surface area (Å²) in [5.41, 5.74) is 8.11. The fourth-order valence-corrected chi connectivity index (χ4v) is 1.77. The van der Waals surface area contributed by atoms with Crippen molar-refractivity contribution in [2.45, 2.75) is 0 Å². The van der Waals surface area contributed by atoms with E-state index in [2.05, 4.69) is 15.0 Å². The Kier molecular flexibility index (Phi) is 2.30. The standard InChI is InChI=1S/C13H10N4O/c14-11(18)8-3-5-9(6-4-8)12-16-10-2-1-7-15-13(10)17-12/h1-7H,(H2,14,18)(H,15,16,17). The Morgan fingerprint density at radius 2 is 1.94 bits per heavy atom. The summed E-state index contributed by atoms with van der Waals surface area (Å²) in [6, 6.07) is 10.7. The molecule has 3 aromatic rings. The molecule has 2 aromatic heterocycles. The average molecular weight is 238 g/mol. The molecule has 3 N–H and O–H groups in total. The van der Waals surface area contributed by atoms with Crippen molar-refractivity contribution < 1.29 is 4.79 Å². The number of nitrogens with zero attached hydrogens (tertiary/aromatic N) is 2. The van der Waals surface area contributed by atoms with Gasteiger partial charge in [-0.15, -0.1) is 0 Å². The largest absolute Gasteiger partial charge is 0.366 e. The Morgan fingerprint density at radius 1 is 1.17 bits per heavy atom. The van der Waals surface area contributed by atoms with Crippen LogP contribution in [0, 0.1) is 0 Å². The van der Waals surface area contributed by atoms with Gasteiger partial charge in [-0.1, -0.05) is 12.1 Å². The maximum Gasteiger partial charge on any atom is 0.248 e. The first-order valence-electron chi connectivity index (χ1n) is 5.45. The molecule has 0 bridgehead atoms. The topological polar surface area (TPSA) is 84.7 Å². The van der Waals surface area contributed by atoms with Gasteiger partial charge in [0.05, 0.1) is 5.52 Å². The van der Waals surface area contributed by atoms with E-state index < -0.39 is 5.91 Å². The monoisotopic (exact) mass is 238 g/mol. The molecule has 3 rings (SSSR count). The zero-order chi connectivity index (χ0) is 12.5. The number of fused-ring (bicyclic) bond motifs is 1. The van der Waals surface area contributed by atoms with Crippen LogP contribution < -0.4 is 5.73 Å². The molecule has 0 aliphatic heterocycles. The minimum absolute atomic E-state index is 0.437. The summed E-state index contributed by atoms with van der Waals surface area (Å²) < 4.78 is 0. The molecule has 0 fully saturated rings. The number of nitrogens with two attached hydrogens (primary N) is 1. The number of H-pyrrole nitrogens is 1. The summed E-state index contributed by atoms with van der Waals surface area (Å²) in [6.07, 6.45) is 1.70. The number of aromatic nitrogens is 3. The molecule has 1 aromatic carbocycles. The highest BCUT2D eigenvalue weighted by Crippen LogP contribution is 2.19. The van der Waals surface area contributed by atoms with Crippen LogP contribution in [-0.4, -0.2) is 20.9 Å². The summed E-state index contributed by atoms with van der Waals surface area (Å²) >= 11 is 0. The zero-order valence-corrected chi connectivity index (χ0v) is 9.42. The van der Waals surface area contributed by atoms with E-state index in [1.807, 2.05) is 12.1 Å². The van der Waals surface area contributed by atoms with Crippen molar-refractivity contribution >= 4 is 17.1 Å². The smallest absolute Gasteiger partial charge is 0.248 e. The van der Waals surface area contributed by atoms with Crippen molar-refractivity contribution in [1.82, 2.24) is 15.0 Å². The number of hydrogen-bond acceptors (Lipinski definition) is 3. The molecule has 0 spiro atoms. The summed E-state index contributed by atoms with van der Waals surface area (Å²) in [4.78, 5) is 22.7. The third-order valence-corrected chi connectivity index (χ3v) is 2.70. The van der Waals surface area contributed by atoms with Crippen LogP contribution >= 0.6 is 0 Å². The maximum absolute atomic E-state index is 11.0. The van der Waals surface area contributed by atoms with E-state index in [4.69, 9.17) is 5.73 Å². The normalized spacial score (nSPS) is 10.7. The van der Waals surface area contributed by atoms with Crippen LogP contribution in [0.3, 0.4) is 0 Å². The molecule has 5 nitrogen and oxygen atoms in total. The van der Waals surface area contributed by atoms with Gasteiger partial charge in [-0.2, -0.15) is 0 Å². The molecular weight excluding hydrogens is 228 g/mol. The Hall–Kier alpha value is -2.69. The van der Waals surface area contributed by atoms with Crippen molar-refractivity contribution in [3.63, 3.8) is 0 Å². The second-order valence-corrected chi connectivity index (χ2v) is 3.90. The molecule has 5 heteroatoms. The van der Waals surface area contributed by atoms with Crippen molar-refractivity contribution in [2.75, 3.05) is 0 Å². The van der Waals surface area contributed by atoms with E-state index in [1.54, 1.807) is 30.5 Å². The number of nitrogens with one attached hydrogen (secondary N) is 1. The molecule has 0 saturated heterocycles. The van der Waals surface area contributed by atoms with Crippen molar-refractivity contribution in [3.8, 4) is 11.4 Å². The number of imidazole rings is 1. The minimum atomic E-state index is -0.437. The minimum Gasteiger partial charge on any atom is -0.366 e. The van der Waals surface area contributed by atoms with E-state index in [1.165, 1.54) is 0 Å². The van der Waals surface area contributed by atoms with Gasteiger partial charge in [-0.3, -0.25) is 4.79 Å². The molecule has 2 heterocycles. The molecule has 0 saturated carbocycles. The van der Waals surface area contributed by atoms with E-state index in [0.29, 0.717) is 11.2 Å². The van der Waals surface area contributed by atoms with Crippen molar-refractivity contribution in [2.24, 2.45) is 5.73 Å². The third-order valence-electron chi connectivity index (χ3n) is 2.70. The molecule has 18 heavy (non-hydrogen) atoms. The van der Waals surface area contributed by atoms with Crippen LogP contribution in [0.1, 0.15) is 10.4 Å². The highest BCUT2D eigenvalue weighted by Gasteiger charge is 2.06. The lowest BCUT2D eigenvalue weighted by Crippen LogP contribution is -2.10. The van der Waals surface area contributed by atoms with E-state index in [9.17, 15) is 4.79 Å². The Morgan fingerprint density at radius 3 is 2.61 bits per heavy atom. The van der Waals surface area contributed by atoms with Crippen LogP contribution in [0.5, 0.6) is 0 Å². The van der Waals surface area contributed by atoms with Crippen LogP contribution in [-0.2, 0) is 0 Å². The molecule has 88 valence electrons. The molecule has 0 atom stereocenters. The molecule has 0 radical (unpaired) electrons. The predicted molar refractivity (Wildman–Crippen MR) is 67.8 cm³/mol. The van der Waals surface area contributed by atoms with Gasteiger partial charge >= 0.3 is 0 Å². The molecule has 0 aliphatic rings. The van der Waals surface area contributed by atoms with Gasteiger partial charge in [0.25, 0.3) is 0 Å². The number of hydrogen-bond donors (Lipinski definition) is 2. The van der Waals surface area contributed by atoms with Gasteiger partial charge in [0, 0.05) is 17.3 Å². The Labute approximate surface area is 103 Å². The first-order chi connectivity index (χ1) is 8.74. The fraction of sp³-hybridized carbons (Fsp3) is 0. The van der Waals surface area contributed by atoms with Crippen LogP contribution in [0.4, 0.5) is 0 Å². The SMILES string of the molecule is NC(=O)c1ccc(-c2nc3ncccc3[nH]2)cc1. The fourth-order valence-electron chi connectivity index (χ4n) is 1.77. The van der Waals surface area contributed by atoms with Gasteiger partial charge in [0.2, 0.25) is 5.91 Å². The quantitative estimate of drug-likeness (QED) is 0.712. The lowest BCUT2D eigenvalue weighted by molar-refractivity contribution is 0.100. The van der Waals surface area contributed by atoms with Crippen LogP contribution in [0.2, 0.25) is 0 Å². The summed E-state index contributed by atoms with van der Waals surface area (Å²) in [5.74, 6) is 0.285. The van der Waals surface area contributed by atoms with Gasteiger partial charge in [-0.05, 0) is 24.3 Å². The second kappa shape index (κ2) is 3.96. The number of carbonyl (C=O) groups excluding carboxylic acids is 1. The highest BCUT2D eigenvalue weighted by molar-refractivity contribution is 5.93. The average Bonchev–Trinajstić information content (AvgIpc) is 2.82. The lowest BCUT2D eigenvalue weighted by atomic mass is 10.1. The summed E-state index contributed by atoms with van der Waals surface area (Å²) in [5, 5.41) is 0. The number of amides is 1. The Balaban J connectivity index is 2.06. The van der Waals surface area contributed by atoms with E-state index in [0.717, 1.165) is 16.9 Å². The van der Waals surface area contributed by atoms with E-state index in [-0.39, 0.29) is 0 Å². The number of carbonyl (C=O) groups is 1. The Bertz CT molecular complexity index is 682. The lowest BCUT2D eigenvalue weighted by Gasteiger charge is -1.98. The molecule has 0 aliphatic carbocycles. The maximum atomic E-state index is 11.0. The van der Waals surface area contributed by atoms with E-state index >= 15 is 0 Å². The van der Waals surface area contributed by atoms with Gasteiger partial charge in [0.1, 0.15) is 5.82 Å².